The first-order valence-electron chi connectivity index (χ1n) is 11.6. The fraction of sp³-hybridized carbons (Fsp3) is 0.259. The monoisotopic (exact) mass is 454 g/mol. The number of benzene rings is 2. The van der Waals surface area contributed by atoms with Gasteiger partial charge in [-0.05, 0) is 61.1 Å². The van der Waals surface area contributed by atoms with Gasteiger partial charge in [0.15, 0.2) is 0 Å². The van der Waals surface area contributed by atoms with Crippen LogP contribution in [0.1, 0.15) is 10.4 Å². The first-order chi connectivity index (χ1) is 16.5. The molecular weight excluding hydrogens is 424 g/mol. The number of piperazine rings is 1. The Morgan fingerprint density at radius 3 is 2.35 bits per heavy atom. The number of anilines is 3. The highest BCUT2D eigenvalue weighted by Crippen LogP contribution is 2.30. The summed E-state index contributed by atoms with van der Waals surface area (Å²) in [4.78, 5) is 26.6. The minimum atomic E-state index is -0.00229. The van der Waals surface area contributed by atoms with Crippen molar-refractivity contribution in [2.45, 2.75) is 0 Å². The van der Waals surface area contributed by atoms with Gasteiger partial charge in [0.05, 0.1) is 5.52 Å². The molecule has 3 heterocycles. The Balaban J connectivity index is 1.35. The lowest BCUT2D eigenvalue weighted by atomic mass is 10.1. The van der Waals surface area contributed by atoms with Gasteiger partial charge >= 0.3 is 0 Å². The van der Waals surface area contributed by atoms with Gasteiger partial charge in [0.2, 0.25) is 0 Å². The number of carbonyl (C=O) groups is 1. The van der Waals surface area contributed by atoms with Crippen LogP contribution in [0.15, 0.2) is 66.9 Å². The minimum absolute atomic E-state index is 0.00229. The number of hydrogen-bond donors (Lipinski definition) is 2. The maximum atomic E-state index is 12.2. The standard InChI is InChI=1S/C27H30N6O/c1-31(2)27(34)20-6-4-19(5-7-20)25-18-23-24(30-25)12-13-28-26(23)29-21-8-10-22(11-9-21)33-16-14-32(3)15-17-33/h4-13,18,30H,14-17H2,1-3H3,(H,28,29). The third-order valence-electron chi connectivity index (χ3n) is 6.40. The van der Waals surface area contributed by atoms with E-state index in [-0.39, 0.29) is 5.91 Å². The van der Waals surface area contributed by atoms with Crippen molar-refractivity contribution in [3.05, 3.63) is 72.4 Å². The van der Waals surface area contributed by atoms with E-state index in [9.17, 15) is 4.79 Å². The molecule has 0 atom stereocenters. The molecule has 34 heavy (non-hydrogen) atoms. The van der Waals surface area contributed by atoms with Crippen molar-refractivity contribution in [3.63, 3.8) is 0 Å². The summed E-state index contributed by atoms with van der Waals surface area (Å²) in [6.07, 6.45) is 1.81. The fourth-order valence-electron chi connectivity index (χ4n) is 4.32. The number of likely N-dealkylation sites (N-methyl/N-ethyl adjacent to an activating group) is 1. The maximum Gasteiger partial charge on any atom is 0.253 e. The molecule has 4 aromatic rings. The van der Waals surface area contributed by atoms with Crippen molar-refractivity contribution in [2.75, 3.05) is 57.5 Å². The molecule has 7 heteroatoms. The lowest BCUT2D eigenvalue weighted by Crippen LogP contribution is -2.44. The zero-order valence-corrected chi connectivity index (χ0v) is 19.9. The number of pyridine rings is 1. The maximum absolute atomic E-state index is 12.2. The number of amides is 1. The summed E-state index contributed by atoms with van der Waals surface area (Å²) in [7, 11) is 5.69. The lowest BCUT2D eigenvalue weighted by Gasteiger charge is -2.34. The molecule has 1 aliphatic heterocycles. The predicted molar refractivity (Wildman–Crippen MR) is 139 cm³/mol. The largest absolute Gasteiger partial charge is 0.369 e. The Hall–Kier alpha value is -3.84. The average molecular weight is 455 g/mol. The van der Waals surface area contributed by atoms with Gasteiger partial charge in [-0.2, -0.15) is 0 Å². The molecule has 1 aliphatic rings. The molecule has 1 amide bonds. The second-order valence-corrected chi connectivity index (χ2v) is 9.04. The summed E-state index contributed by atoms with van der Waals surface area (Å²) in [5.41, 5.74) is 5.95. The van der Waals surface area contributed by atoms with Crippen LogP contribution in [0.4, 0.5) is 17.2 Å². The summed E-state index contributed by atoms with van der Waals surface area (Å²) in [6, 6.07) is 20.3. The number of aromatic amines is 1. The van der Waals surface area contributed by atoms with Crippen molar-refractivity contribution in [1.82, 2.24) is 19.8 Å². The third kappa shape index (κ3) is 4.47. The zero-order chi connectivity index (χ0) is 23.7. The van der Waals surface area contributed by atoms with Crippen molar-refractivity contribution >= 4 is 34.0 Å². The molecule has 0 spiro atoms. The Bertz CT molecular complexity index is 1290. The Morgan fingerprint density at radius 1 is 0.971 bits per heavy atom. The highest BCUT2D eigenvalue weighted by molar-refractivity contribution is 5.96. The number of nitrogens with zero attached hydrogens (tertiary/aromatic N) is 4. The van der Waals surface area contributed by atoms with E-state index in [0.29, 0.717) is 5.56 Å². The summed E-state index contributed by atoms with van der Waals surface area (Å²) < 4.78 is 0. The molecule has 0 radical (unpaired) electrons. The average Bonchev–Trinajstić information content (AvgIpc) is 3.30. The van der Waals surface area contributed by atoms with Crippen molar-refractivity contribution in [3.8, 4) is 11.3 Å². The highest BCUT2D eigenvalue weighted by Gasteiger charge is 2.15. The van der Waals surface area contributed by atoms with Gasteiger partial charge in [0.1, 0.15) is 5.82 Å². The van der Waals surface area contributed by atoms with Crippen LogP contribution < -0.4 is 10.2 Å². The van der Waals surface area contributed by atoms with E-state index in [2.05, 4.69) is 62.5 Å². The first-order valence-corrected chi connectivity index (χ1v) is 11.6. The zero-order valence-electron chi connectivity index (χ0n) is 19.9. The normalized spacial score (nSPS) is 14.4. The van der Waals surface area contributed by atoms with Crippen LogP contribution in [0.25, 0.3) is 22.2 Å². The van der Waals surface area contributed by atoms with Gasteiger partial charge in [-0.1, -0.05) is 12.1 Å². The highest BCUT2D eigenvalue weighted by atomic mass is 16.2. The van der Waals surface area contributed by atoms with Gasteiger partial charge in [-0.3, -0.25) is 4.79 Å². The fourth-order valence-corrected chi connectivity index (χ4v) is 4.32. The molecule has 0 unspecified atom stereocenters. The number of carbonyl (C=O) groups excluding carboxylic acids is 1. The van der Waals surface area contributed by atoms with Gasteiger partial charge in [0.25, 0.3) is 5.91 Å². The predicted octanol–water partition coefficient (Wildman–Crippen LogP) is 4.43. The van der Waals surface area contributed by atoms with Crippen LogP contribution in [0, 0.1) is 0 Å². The topological polar surface area (TPSA) is 67.5 Å². The number of nitrogens with one attached hydrogen (secondary N) is 2. The Morgan fingerprint density at radius 2 is 1.68 bits per heavy atom. The number of hydrogen-bond acceptors (Lipinski definition) is 5. The molecule has 2 N–H and O–H groups in total. The summed E-state index contributed by atoms with van der Waals surface area (Å²) in [5, 5.41) is 4.50. The van der Waals surface area contributed by atoms with Gasteiger partial charge in [-0.15, -0.1) is 0 Å². The van der Waals surface area contributed by atoms with Gasteiger partial charge in [0, 0.05) is 74.5 Å². The van der Waals surface area contributed by atoms with Crippen molar-refractivity contribution in [1.29, 1.82) is 0 Å². The van der Waals surface area contributed by atoms with E-state index in [1.165, 1.54) is 5.69 Å². The van der Waals surface area contributed by atoms with Crippen LogP contribution in [0.2, 0.25) is 0 Å². The number of aromatic nitrogens is 2. The molecule has 2 aromatic carbocycles. The van der Waals surface area contributed by atoms with E-state index in [1.54, 1.807) is 19.0 Å². The number of rotatable bonds is 5. The molecule has 0 bridgehead atoms. The summed E-state index contributed by atoms with van der Waals surface area (Å²) >= 11 is 0. The Kier molecular flexibility index (Phi) is 5.94. The number of H-pyrrole nitrogens is 1. The van der Waals surface area contributed by atoms with E-state index < -0.39 is 0 Å². The van der Waals surface area contributed by atoms with Crippen LogP contribution in [-0.2, 0) is 0 Å². The second-order valence-electron chi connectivity index (χ2n) is 9.04. The molecule has 2 aromatic heterocycles. The van der Waals surface area contributed by atoms with Crippen LogP contribution in [0.3, 0.4) is 0 Å². The van der Waals surface area contributed by atoms with Gasteiger partial charge in [-0.25, -0.2) is 4.98 Å². The van der Waals surface area contributed by atoms with E-state index in [0.717, 1.165) is 59.8 Å². The van der Waals surface area contributed by atoms with Crippen molar-refractivity contribution in [2.24, 2.45) is 0 Å². The minimum Gasteiger partial charge on any atom is -0.369 e. The van der Waals surface area contributed by atoms with Crippen molar-refractivity contribution < 1.29 is 4.79 Å². The van der Waals surface area contributed by atoms with E-state index in [4.69, 9.17) is 0 Å². The van der Waals surface area contributed by atoms with Crippen LogP contribution in [-0.4, -0.2) is 73.0 Å². The molecule has 0 saturated carbocycles. The van der Waals surface area contributed by atoms with E-state index >= 15 is 0 Å². The molecular formula is C27H30N6O. The third-order valence-corrected chi connectivity index (χ3v) is 6.40. The molecule has 0 aliphatic carbocycles. The summed E-state index contributed by atoms with van der Waals surface area (Å²) in [6.45, 7) is 4.30. The quantitative estimate of drug-likeness (QED) is 0.467. The Labute approximate surface area is 200 Å². The molecule has 7 nitrogen and oxygen atoms in total. The second kappa shape index (κ2) is 9.19. The van der Waals surface area contributed by atoms with Crippen LogP contribution in [0.5, 0.6) is 0 Å². The van der Waals surface area contributed by atoms with E-state index in [1.807, 2.05) is 36.5 Å². The molecule has 1 saturated heterocycles. The van der Waals surface area contributed by atoms with Gasteiger partial charge < -0.3 is 25.0 Å². The number of fused-ring (bicyclic) bond motifs is 1. The summed E-state index contributed by atoms with van der Waals surface area (Å²) in [5.74, 6) is 0.810. The molecule has 1 fully saturated rings. The lowest BCUT2D eigenvalue weighted by molar-refractivity contribution is 0.0827. The first kappa shape index (κ1) is 22.0. The molecule has 5 rings (SSSR count). The molecule has 174 valence electrons. The SMILES string of the molecule is CN1CCN(c2ccc(Nc3nccc4[nH]c(-c5ccc(C(=O)N(C)C)cc5)cc34)cc2)CC1. The van der Waals surface area contributed by atoms with Crippen LogP contribution >= 0.6 is 0 Å². The smallest absolute Gasteiger partial charge is 0.253 e.